The van der Waals surface area contributed by atoms with E-state index >= 15 is 0 Å². The maximum atomic E-state index is 4.49. The van der Waals surface area contributed by atoms with Crippen molar-refractivity contribution in [1.82, 2.24) is 9.97 Å². The first-order valence-electron chi connectivity index (χ1n) is 13.4. The number of aliphatic imine (C=N–C) groups is 4. The third-order valence-electron chi connectivity index (χ3n) is 5.79. The summed E-state index contributed by atoms with van der Waals surface area (Å²) < 4.78 is 0. The van der Waals surface area contributed by atoms with Crippen LogP contribution in [0.15, 0.2) is 56.4 Å². The number of nitrogens with zero attached hydrogens (tertiary/aromatic N) is 6. The van der Waals surface area contributed by atoms with Crippen LogP contribution < -0.4 is 0 Å². The molecular formula is C30H46FeN6+2. The summed E-state index contributed by atoms with van der Waals surface area (Å²) in [4.78, 5) is 26.7. The van der Waals surface area contributed by atoms with Crippen molar-refractivity contribution in [2.24, 2.45) is 20.0 Å². The van der Waals surface area contributed by atoms with E-state index in [1.54, 1.807) is 0 Å². The van der Waals surface area contributed by atoms with Crippen molar-refractivity contribution in [2.75, 3.05) is 0 Å². The molecule has 0 saturated heterocycles. The van der Waals surface area contributed by atoms with E-state index < -0.39 is 0 Å². The van der Waals surface area contributed by atoms with Crippen molar-refractivity contribution in [1.29, 1.82) is 0 Å². The molecule has 4 atom stereocenters. The van der Waals surface area contributed by atoms with E-state index in [9.17, 15) is 0 Å². The molecule has 37 heavy (non-hydrogen) atoms. The Bertz CT molecular complexity index is 836. The Morgan fingerprint density at radius 1 is 0.514 bits per heavy atom. The van der Waals surface area contributed by atoms with Gasteiger partial charge in [0.15, 0.2) is 0 Å². The van der Waals surface area contributed by atoms with Gasteiger partial charge in [-0.05, 0) is 77.6 Å². The molecule has 0 N–H and O–H groups in total. The second-order valence-corrected chi connectivity index (χ2v) is 9.12. The van der Waals surface area contributed by atoms with E-state index in [0.717, 1.165) is 48.5 Å². The summed E-state index contributed by atoms with van der Waals surface area (Å²) >= 11 is 0. The van der Waals surface area contributed by atoms with Gasteiger partial charge in [-0.3, -0.25) is 20.0 Å². The summed E-state index contributed by atoms with van der Waals surface area (Å²) in [5, 5.41) is 0. The van der Waals surface area contributed by atoms with Gasteiger partial charge in [0.05, 0.1) is 22.8 Å². The van der Waals surface area contributed by atoms with Gasteiger partial charge in [-0.1, -0.05) is 39.8 Å². The molecule has 2 heterocycles. The fraction of sp³-hybridized carbons (Fsp3) is 0.533. The standard InChI is InChI=1S/2C15H23N3.Fe/c2*1-5-12(3)16-10-14-8-7-9-15(18-14)11-17-13(4)6-2;/h2*7-13H,5-6H2,1-4H3;/q;;+2. The molecule has 4 unspecified atom stereocenters. The quantitative estimate of drug-likeness (QED) is 0.212. The van der Waals surface area contributed by atoms with Crippen molar-refractivity contribution >= 4 is 24.9 Å². The smallest absolute Gasteiger partial charge is 0.288 e. The summed E-state index contributed by atoms with van der Waals surface area (Å²) in [6, 6.07) is 13.2. The van der Waals surface area contributed by atoms with E-state index in [1.807, 2.05) is 61.3 Å². The molecule has 0 radical (unpaired) electrons. The minimum absolute atomic E-state index is 0. The Morgan fingerprint density at radius 3 is 0.919 bits per heavy atom. The van der Waals surface area contributed by atoms with Crippen molar-refractivity contribution in [3.05, 3.63) is 59.2 Å². The molecule has 2 rings (SSSR count). The Hall–Kier alpha value is -2.50. The minimum Gasteiger partial charge on any atom is -0.288 e. The number of aromatic nitrogens is 2. The van der Waals surface area contributed by atoms with Crippen LogP contribution in [0.1, 0.15) is 104 Å². The van der Waals surface area contributed by atoms with E-state index in [2.05, 4.69) is 85.3 Å². The van der Waals surface area contributed by atoms with Crippen molar-refractivity contribution in [3.63, 3.8) is 0 Å². The first-order chi connectivity index (χ1) is 17.3. The van der Waals surface area contributed by atoms with Crippen LogP contribution in [0.5, 0.6) is 0 Å². The van der Waals surface area contributed by atoms with Crippen molar-refractivity contribution in [2.45, 2.75) is 105 Å². The summed E-state index contributed by atoms with van der Waals surface area (Å²) in [7, 11) is 0. The topological polar surface area (TPSA) is 75.2 Å². The predicted octanol–water partition coefficient (Wildman–Crippen LogP) is 7.03. The molecule has 0 aliphatic rings. The van der Waals surface area contributed by atoms with Crippen LogP contribution in [0.4, 0.5) is 0 Å². The molecule has 0 fully saturated rings. The molecule has 6 nitrogen and oxygen atoms in total. The number of hydrogen-bond acceptors (Lipinski definition) is 6. The zero-order valence-corrected chi connectivity index (χ0v) is 25.1. The molecule has 2 aromatic rings. The second-order valence-electron chi connectivity index (χ2n) is 9.12. The van der Waals surface area contributed by atoms with Crippen LogP contribution >= 0.6 is 0 Å². The Kier molecular flexibility index (Phi) is 19.2. The van der Waals surface area contributed by atoms with E-state index in [4.69, 9.17) is 0 Å². The Balaban J connectivity index is 0.000000682. The molecule has 2 aromatic heterocycles. The van der Waals surface area contributed by atoms with Crippen LogP contribution in [0.2, 0.25) is 0 Å². The van der Waals surface area contributed by atoms with Gasteiger partial charge in [-0.2, -0.15) is 0 Å². The van der Waals surface area contributed by atoms with Crippen molar-refractivity contribution in [3.8, 4) is 0 Å². The predicted molar refractivity (Wildman–Crippen MR) is 158 cm³/mol. The zero-order valence-electron chi connectivity index (χ0n) is 23.9. The average Bonchev–Trinajstić information content (AvgIpc) is 2.92. The van der Waals surface area contributed by atoms with E-state index in [0.29, 0.717) is 24.2 Å². The van der Waals surface area contributed by atoms with Crippen LogP contribution in [0.3, 0.4) is 0 Å². The van der Waals surface area contributed by atoms with E-state index in [-0.39, 0.29) is 17.1 Å². The normalized spacial score (nSPS) is 14.9. The largest absolute Gasteiger partial charge is 2.00 e. The molecule has 0 aromatic carbocycles. The van der Waals surface area contributed by atoms with Crippen molar-refractivity contribution < 1.29 is 17.1 Å². The van der Waals surface area contributed by atoms with Gasteiger partial charge in [0.1, 0.15) is 0 Å². The second kappa shape index (κ2) is 20.5. The molecule has 0 aliphatic heterocycles. The number of pyridine rings is 2. The van der Waals surface area contributed by atoms with Gasteiger partial charge >= 0.3 is 17.1 Å². The first kappa shape index (κ1) is 34.5. The Morgan fingerprint density at radius 2 is 0.730 bits per heavy atom. The monoisotopic (exact) mass is 546 g/mol. The molecule has 7 heteroatoms. The molecule has 0 amide bonds. The molecular weight excluding hydrogens is 500 g/mol. The van der Waals surface area contributed by atoms with Gasteiger partial charge in [-0.15, -0.1) is 0 Å². The third kappa shape index (κ3) is 16.1. The summed E-state index contributed by atoms with van der Waals surface area (Å²) in [6.45, 7) is 16.9. The molecule has 0 aliphatic carbocycles. The fourth-order valence-corrected chi connectivity index (χ4v) is 2.46. The number of hydrogen-bond donors (Lipinski definition) is 0. The number of rotatable bonds is 12. The molecule has 0 spiro atoms. The summed E-state index contributed by atoms with van der Waals surface area (Å²) in [6.07, 6.45) is 11.6. The maximum Gasteiger partial charge on any atom is 2.00 e. The van der Waals surface area contributed by atoms with Gasteiger partial charge in [-0.25, -0.2) is 9.97 Å². The third-order valence-corrected chi connectivity index (χ3v) is 5.79. The molecule has 0 saturated carbocycles. The average molecular weight is 547 g/mol. The van der Waals surface area contributed by atoms with Gasteiger partial charge < -0.3 is 0 Å². The zero-order chi connectivity index (χ0) is 26.8. The minimum atomic E-state index is 0. The Labute approximate surface area is 235 Å². The maximum absolute atomic E-state index is 4.49. The van der Waals surface area contributed by atoms with Crippen LogP contribution in [0, 0.1) is 0 Å². The van der Waals surface area contributed by atoms with Crippen LogP contribution in [0.25, 0.3) is 0 Å². The molecule has 202 valence electrons. The van der Waals surface area contributed by atoms with Gasteiger partial charge in [0, 0.05) is 49.0 Å². The van der Waals surface area contributed by atoms with Gasteiger partial charge in [0.25, 0.3) is 0 Å². The SMILES string of the molecule is CCC(C)N=Cc1cccc(C=NC(C)CC)n1.CCC(C)N=Cc1cccc(C=NC(C)CC)n1.[Fe+2]. The van der Waals surface area contributed by atoms with Gasteiger partial charge in [0.2, 0.25) is 0 Å². The van der Waals surface area contributed by atoms with Crippen LogP contribution in [-0.4, -0.2) is 59.0 Å². The summed E-state index contributed by atoms with van der Waals surface area (Å²) in [5.74, 6) is 0. The molecule has 0 bridgehead atoms. The summed E-state index contributed by atoms with van der Waals surface area (Å²) in [5.41, 5.74) is 3.57. The fourth-order valence-electron chi connectivity index (χ4n) is 2.46. The van der Waals surface area contributed by atoms with E-state index in [1.165, 1.54) is 0 Å². The first-order valence-corrected chi connectivity index (χ1v) is 13.4. The van der Waals surface area contributed by atoms with Crippen LogP contribution in [-0.2, 0) is 17.1 Å².